The van der Waals surface area contributed by atoms with Gasteiger partial charge in [-0.15, -0.1) is 0 Å². The lowest BCUT2D eigenvalue weighted by Gasteiger charge is -2.13. The van der Waals surface area contributed by atoms with E-state index in [-0.39, 0.29) is 22.7 Å². The van der Waals surface area contributed by atoms with Crippen molar-refractivity contribution in [2.24, 2.45) is 5.14 Å². The van der Waals surface area contributed by atoms with Crippen molar-refractivity contribution in [1.82, 2.24) is 0 Å². The smallest absolute Gasteiger partial charge is 0.302 e. The van der Waals surface area contributed by atoms with E-state index in [1.807, 2.05) is 0 Å². The molecule has 6 nitrogen and oxygen atoms in total. The lowest BCUT2D eigenvalue weighted by molar-refractivity contribution is -0.145. The van der Waals surface area contributed by atoms with Gasteiger partial charge >= 0.3 is 5.97 Å². The van der Waals surface area contributed by atoms with Crippen molar-refractivity contribution >= 4 is 16.0 Å². The summed E-state index contributed by atoms with van der Waals surface area (Å²) in [4.78, 5) is 10.7. The molecule has 1 atom stereocenters. The van der Waals surface area contributed by atoms with Crippen LogP contribution >= 0.6 is 0 Å². The van der Waals surface area contributed by atoms with Crippen LogP contribution in [-0.4, -0.2) is 27.6 Å². The lowest BCUT2D eigenvalue weighted by Crippen LogP contribution is -2.17. The van der Waals surface area contributed by atoms with Gasteiger partial charge in [0.25, 0.3) is 0 Å². The van der Waals surface area contributed by atoms with E-state index in [0.29, 0.717) is 12.0 Å². The van der Waals surface area contributed by atoms with Gasteiger partial charge in [-0.3, -0.25) is 4.79 Å². The van der Waals surface area contributed by atoms with Crippen LogP contribution in [0.3, 0.4) is 0 Å². The number of methoxy groups -OCH3 is 1. The molecule has 0 aliphatic rings. The number of rotatable bonds is 5. The molecule has 0 radical (unpaired) electrons. The third-order valence-corrected chi connectivity index (χ3v) is 3.36. The highest BCUT2D eigenvalue weighted by Gasteiger charge is 2.16. The van der Waals surface area contributed by atoms with E-state index in [0.717, 1.165) is 0 Å². The molecular formula is C12H17NO5S. The summed E-state index contributed by atoms with van der Waals surface area (Å²) in [5.41, 5.74) is 0.693. The first-order valence-corrected chi connectivity index (χ1v) is 7.15. The fraction of sp³-hybridized carbons (Fsp3) is 0.417. The van der Waals surface area contributed by atoms with E-state index < -0.39 is 10.0 Å². The van der Waals surface area contributed by atoms with Crippen molar-refractivity contribution in [1.29, 1.82) is 0 Å². The molecule has 1 aromatic carbocycles. The van der Waals surface area contributed by atoms with Gasteiger partial charge in [-0.25, -0.2) is 13.6 Å². The average Bonchev–Trinajstić information content (AvgIpc) is 2.26. The van der Waals surface area contributed by atoms with E-state index in [1.165, 1.54) is 26.2 Å². The number of ether oxygens (including phenoxy) is 2. The number of benzene rings is 1. The van der Waals surface area contributed by atoms with Gasteiger partial charge in [-0.2, -0.15) is 0 Å². The first kappa shape index (κ1) is 15.5. The van der Waals surface area contributed by atoms with E-state index >= 15 is 0 Å². The van der Waals surface area contributed by atoms with E-state index in [1.54, 1.807) is 13.0 Å². The summed E-state index contributed by atoms with van der Waals surface area (Å²) in [5, 5.41) is 5.12. The monoisotopic (exact) mass is 287 g/mol. The number of hydrogen-bond acceptors (Lipinski definition) is 5. The maximum absolute atomic E-state index is 11.4. The van der Waals surface area contributed by atoms with Gasteiger partial charge in [0.05, 0.1) is 7.11 Å². The van der Waals surface area contributed by atoms with Crippen LogP contribution in [0.1, 0.15) is 19.4 Å². The Hall–Kier alpha value is -1.60. The topological polar surface area (TPSA) is 95.7 Å². The van der Waals surface area contributed by atoms with Gasteiger partial charge in [0.1, 0.15) is 16.7 Å². The summed E-state index contributed by atoms with van der Waals surface area (Å²) >= 11 is 0. The van der Waals surface area contributed by atoms with Crippen molar-refractivity contribution in [3.05, 3.63) is 23.8 Å². The highest BCUT2D eigenvalue weighted by molar-refractivity contribution is 7.89. The number of carbonyl (C=O) groups is 1. The zero-order chi connectivity index (χ0) is 14.6. The van der Waals surface area contributed by atoms with Crippen LogP contribution in [0.15, 0.2) is 23.1 Å². The molecule has 7 heteroatoms. The van der Waals surface area contributed by atoms with Gasteiger partial charge in [-0.1, -0.05) is 6.07 Å². The van der Waals surface area contributed by atoms with Gasteiger partial charge in [0, 0.05) is 13.3 Å². The molecule has 106 valence electrons. The van der Waals surface area contributed by atoms with Crippen LogP contribution in [0.5, 0.6) is 5.75 Å². The summed E-state index contributed by atoms with van der Waals surface area (Å²) in [6.45, 7) is 3.04. The van der Waals surface area contributed by atoms with Gasteiger partial charge in [-0.05, 0) is 24.6 Å². The summed E-state index contributed by atoms with van der Waals surface area (Å²) in [6.07, 6.45) is 0.0470. The summed E-state index contributed by atoms with van der Waals surface area (Å²) in [6, 6.07) is 4.65. The highest BCUT2D eigenvalue weighted by Crippen LogP contribution is 2.24. The second-order valence-electron chi connectivity index (χ2n) is 4.15. The largest absolute Gasteiger partial charge is 0.495 e. The minimum atomic E-state index is -3.86. The Bertz CT molecular complexity index is 567. The second-order valence-corrected chi connectivity index (χ2v) is 5.68. The van der Waals surface area contributed by atoms with E-state index in [4.69, 9.17) is 14.6 Å². The number of hydrogen-bond donors (Lipinski definition) is 1. The molecule has 0 saturated heterocycles. The van der Waals surface area contributed by atoms with Crippen LogP contribution in [0.25, 0.3) is 0 Å². The number of primary sulfonamides is 1. The normalized spacial score (nSPS) is 12.8. The fourth-order valence-electron chi connectivity index (χ4n) is 1.73. The Morgan fingerprint density at radius 2 is 2.05 bits per heavy atom. The SMILES string of the molecule is COc1ccc(C[C@H](C)OC(C)=O)cc1S(N)(=O)=O. The Kier molecular flexibility index (Phi) is 4.90. The molecule has 2 N–H and O–H groups in total. The van der Waals surface area contributed by atoms with E-state index in [9.17, 15) is 13.2 Å². The average molecular weight is 287 g/mol. The molecule has 1 rings (SSSR count). The van der Waals surface area contributed by atoms with Crippen LogP contribution < -0.4 is 9.88 Å². The maximum Gasteiger partial charge on any atom is 0.302 e. The quantitative estimate of drug-likeness (QED) is 0.809. The number of sulfonamides is 1. The second kappa shape index (κ2) is 6.03. The molecule has 0 unspecified atom stereocenters. The molecule has 0 bridgehead atoms. The Labute approximate surface area is 112 Å². The number of nitrogens with two attached hydrogens (primary N) is 1. The van der Waals surface area contributed by atoms with Gasteiger partial charge in [0.2, 0.25) is 10.0 Å². The zero-order valence-electron chi connectivity index (χ0n) is 11.0. The van der Waals surface area contributed by atoms with E-state index in [2.05, 4.69) is 0 Å². The van der Waals surface area contributed by atoms with Gasteiger partial charge < -0.3 is 9.47 Å². The summed E-state index contributed by atoms with van der Waals surface area (Å²) in [5.74, 6) is -0.195. The molecule has 0 amide bonds. The molecule has 0 saturated carbocycles. The molecule has 0 spiro atoms. The predicted molar refractivity (Wildman–Crippen MR) is 69.3 cm³/mol. The van der Waals surface area contributed by atoms with Crippen molar-refractivity contribution < 1.29 is 22.7 Å². The van der Waals surface area contributed by atoms with Gasteiger partial charge in [0.15, 0.2) is 0 Å². The van der Waals surface area contributed by atoms with Crippen molar-refractivity contribution in [2.45, 2.75) is 31.3 Å². The summed E-state index contributed by atoms with van der Waals surface area (Å²) in [7, 11) is -2.49. The first-order chi connectivity index (χ1) is 8.74. The van der Waals surface area contributed by atoms with Crippen LogP contribution in [-0.2, 0) is 26.0 Å². The third kappa shape index (κ3) is 4.53. The molecule has 0 aromatic heterocycles. The van der Waals surface area contributed by atoms with Crippen molar-refractivity contribution in [2.75, 3.05) is 7.11 Å². The minimum absolute atomic E-state index is 0.0810. The van der Waals surface area contributed by atoms with Crippen LogP contribution in [0, 0.1) is 0 Å². The molecule has 0 fully saturated rings. The Morgan fingerprint density at radius 1 is 1.42 bits per heavy atom. The minimum Gasteiger partial charge on any atom is -0.495 e. The lowest BCUT2D eigenvalue weighted by atomic mass is 10.1. The standard InChI is InChI=1S/C12H17NO5S/c1-8(18-9(2)14)6-10-4-5-11(17-3)12(7-10)19(13,15)16/h4-5,7-8H,6H2,1-3H3,(H2,13,15,16)/t8-/m0/s1. The Balaban J connectivity index is 3.02. The summed E-state index contributed by atoms with van der Waals surface area (Å²) < 4.78 is 32.8. The molecule has 19 heavy (non-hydrogen) atoms. The fourth-order valence-corrected chi connectivity index (χ4v) is 2.47. The molecule has 0 aliphatic carbocycles. The molecule has 0 aliphatic heterocycles. The van der Waals surface area contributed by atoms with Crippen LogP contribution in [0.2, 0.25) is 0 Å². The predicted octanol–water partition coefficient (Wildman–Crippen LogP) is 0.837. The highest BCUT2D eigenvalue weighted by atomic mass is 32.2. The number of esters is 1. The number of carbonyl (C=O) groups excluding carboxylic acids is 1. The van der Waals surface area contributed by atoms with Crippen molar-refractivity contribution in [3.8, 4) is 5.75 Å². The first-order valence-electron chi connectivity index (χ1n) is 5.61. The zero-order valence-corrected chi connectivity index (χ0v) is 11.9. The third-order valence-electron chi connectivity index (χ3n) is 2.42. The molecule has 1 aromatic rings. The van der Waals surface area contributed by atoms with Crippen LogP contribution in [0.4, 0.5) is 0 Å². The maximum atomic E-state index is 11.4. The molecular weight excluding hydrogens is 270 g/mol. The Morgan fingerprint density at radius 3 is 2.53 bits per heavy atom. The molecule has 0 heterocycles. The van der Waals surface area contributed by atoms with Crippen molar-refractivity contribution in [3.63, 3.8) is 0 Å².